The van der Waals surface area contributed by atoms with E-state index in [9.17, 15) is 0 Å². The summed E-state index contributed by atoms with van der Waals surface area (Å²) in [7, 11) is 0. The Labute approximate surface area is 65.8 Å². The first-order chi connectivity index (χ1) is 2.81. The van der Waals surface area contributed by atoms with E-state index in [2.05, 4.69) is 20.8 Å². The van der Waals surface area contributed by atoms with Gasteiger partial charge in [-0.15, -0.1) is 0 Å². The first kappa shape index (κ1) is 10.7. The Kier molecular flexibility index (Phi) is 10.3. The van der Waals surface area contributed by atoms with Gasteiger partial charge in [-0.25, -0.2) is 0 Å². The maximum absolute atomic E-state index is 2.28. The van der Waals surface area contributed by atoms with Gasteiger partial charge in [0.15, 0.2) is 0 Å². The largest absolute Gasteiger partial charge is 2.00 e. The van der Waals surface area contributed by atoms with Crippen LogP contribution in [-0.2, 0) is 0 Å². The van der Waals surface area contributed by atoms with E-state index in [1.54, 1.807) is 0 Å². The van der Waals surface area contributed by atoms with Gasteiger partial charge in [-0.05, 0) is 5.92 Å². The van der Waals surface area contributed by atoms with Crippen molar-refractivity contribution in [3.63, 3.8) is 0 Å². The summed E-state index contributed by atoms with van der Waals surface area (Å²) in [6, 6.07) is 0. The van der Waals surface area contributed by atoms with E-state index in [1.807, 2.05) is 0 Å². The van der Waals surface area contributed by atoms with E-state index in [-0.39, 0.29) is 25.9 Å². The molecule has 0 aliphatic carbocycles. The minimum absolute atomic E-state index is 0. The Balaban J connectivity index is -0.0000000417. The zero-order valence-corrected chi connectivity index (χ0v) is 7.11. The van der Waals surface area contributed by atoms with Crippen LogP contribution in [0.2, 0.25) is 0 Å². The van der Waals surface area contributed by atoms with Gasteiger partial charge in [0, 0.05) is 0 Å². The molecule has 7 heavy (non-hydrogen) atoms. The van der Waals surface area contributed by atoms with E-state index in [0.29, 0.717) is 0 Å². The monoisotopic (exact) mass is 112 g/mol. The Hall–Kier alpha value is 0.766. The van der Waals surface area contributed by atoms with Gasteiger partial charge in [-0.3, -0.25) is 0 Å². The average Bonchev–Trinajstić information content (AvgIpc) is 1.65. The topological polar surface area (TPSA) is 0 Å². The van der Waals surface area contributed by atoms with Crippen LogP contribution in [0.1, 0.15) is 36.5 Å². The first-order valence-electron chi connectivity index (χ1n) is 2.81. The third kappa shape index (κ3) is 6.77. The van der Waals surface area contributed by atoms with Gasteiger partial charge in [-0.1, -0.05) is 33.6 Å². The molecule has 0 amide bonds. The number of rotatable bonds is 2. The predicted octanol–water partition coefficient (Wildman–Crippen LogP) is 2.29. The molecule has 0 rings (SSSR count). The summed E-state index contributed by atoms with van der Waals surface area (Å²) in [4.78, 5) is 0. The minimum Gasteiger partial charge on any atom is -1.00 e. The molecule has 42 valence electrons. The van der Waals surface area contributed by atoms with Gasteiger partial charge in [-0.2, -0.15) is 0 Å². The van der Waals surface area contributed by atoms with Gasteiger partial charge >= 0.3 is 23.1 Å². The maximum Gasteiger partial charge on any atom is 2.00 e. The van der Waals surface area contributed by atoms with Crippen molar-refractivity contribution in [2.75, 3.05) is 0 Å². The predicted molar refractivity (Wildman–Crippen MR) is 37.7 cm³/mol. The van der Waals surface area contributed by atoms with Gasteiger partial charge in [0.25, 0.3) is 0 Å². The number of hydrogen-bond acceptors (Lipinski definition) is 0. The molecule has 0 N–H and O–H groups in total. The summed E-state index contributed by atoms with van der Waals surface area (Å²) in [6.45, 7) is 6.74. The van der Waals surface area contributed by atoms with Crippen LogP contribution in [0.3, 0.4) is 0 Å². The van der Waals surface area contributed by atoms with Crippen molar-refractivity contribution in [1.82, 2.24) is 0 Å². The summed E-state index contributed by atoms with van der Waals surface area (Å²) in [5.74, 6) is 0.935. The molecule has 0 aliphatic heterocycles. The van der Waals surface area contributed by atoms with Crippen molar-refractivity contribution in [2.45, 2.75) is 33.6 Å². The smallest absolute Gasteiger partial charge is 1.00 e. The molecule has 0 heterocycles. The summed E-state index contributed by atoms with van der Waals surface area (Å²) in [5.41, 5.74) is 0. The van der Waals surface area contributed by atoms with E-state index >= 15 is 0 Å². The van der Waals surface area contributed by atoms with Crippen molar-refractivity contribution in [2.24, 2.45) is 5.92 Å². The molecule has 0 aromatic rings. The zero-order valence-electron chi connectivity index (χ0n) is 7.70. The van der Waals surface area contributed by atoms with Crippen molar-refractivity contribution >= 4 is 23.1 Å². The Morgan fingerprint density at radius 3 is 1.57 bits per heavy atom. The van der Waals surface area contributed by atoms with Gasteiger partial charge in [0.2, 0.25) is 0 Å². The van der Waals surface area contributed by atoms with Crippen LogP contribution >= 0.6 is 0 Å². The molecule has 0 spiro atoms. The normalized spacial score (nSPS) is 8.57. The molecule has 0 atom stereocenters. The maximum atomic E-state index is 2.28. The third-order valence-electron chi connectivity index (χ3n) is 1.39. The van der Waals surface area contributed by atoms with Gasteiger partial charge < -0.3 is 2.85 Å². The molecule has 0 nitrogen and oxygen atoms in total. The molecular formula is C6H16Mg. The Morgan fingerprint density at radius 1 is 1.29 bits per heavy atom. The van der Waals surface area contributed by atoms with Gasteiger partial charge in [0.05, 0.1) is 0 Å². The van der Waals surface area contributed by atoms with Crippen molar-refractivity contribution in [1.29, 1.82) is 0 Å². The second-order valence-electron chi connectivity index (χ2n) is 1.92. The Bertz CT molecular complexity index is 30.2. The molecule has 0 saturated heterocycles. The molecule has 0 aromatic carbocycles. The molecule has 0 saturated carbocycles. The van der Waals surface area contributed by atoms with Crippen LogP contribution in [0.25, 0.3) is 0 Å². The van der Waals surface area contributed by atoms with Crippen LogP contribution in [0.4, 0.5) is 0 Å². The molecule has 0 aromatic heterocycles. The molecule has 0 aliphatic rings. The van der Waals surface area contributed by atoms with Crippen LogP contribution in [-0.4, -0.2) is 23.1 Å². The van der Waals surface area contributed by atoms with Crippen LogP contribution < -0.4 is 0 Å². The molecule has 0 radical (unpaired) electrons. The second kappa shape index (κ2) is 6.77. The van der Waals surface area contributed by atoms with Crippen molar-refractivity contribution in [3.05, 3.63) is 0 Å². The Morgan fingerprint density at radius 2 is 1.57 bits per heavy atom. The van der Waals surface area contributed by atoms with E-state index < -0.39 is 0 Å². The fourth-order valence-corrected chi connectivity index (χ4v) is 0.289. The fraction of sp³-hybridized carbons (Fsp3) is 1.00. The quantitative estimate of drug-likeness (QED) is 0.481. The van der Waals surface area contributed by atoms with E-state index in [4.69, 9.17) is 0 Å². The first-order valence-corrected chi connectivity index (χ1v) is 2.81. The zero-order chi connectivity index (χ0) is 4.99. The average molecular weight is 112 g/mol. The van der Waals surface area contributed by atoms with E-state index in [0.717, 1.165) is 5.92 Å². The van der Waals surface area contributed by atoms with Crippen LogP contribution in [0, 0.1) is 5.92 Å². The molecular weight excluding hydrogens is 96.4 g/mol. The van der Waals surface area contributed by atoms with Crippen molar-refractivity contribution in [3.8, 4) is 0 Å². The van der Waals surface area contributed by atoms with Crippen LogP contribution in [0.5, 0.6) is 0 Å². The van der Waals surface area contributed by atoms with Gasteiger partial charge in [0.1, 0.15) is 0 Å². The summed E-state index contributed by atoms with van der Waals surface area (Å²) >= 11 is 0. The second-order valence-corrected chi connectivity index (χ2v) is 1.92. The fourth-order valence-electron chi connectivity index (χ4n) is 0.289. The molecule has 0 unspecified atom stereocenters. The third-order valence-corrected chi connectivity index (χ3v) is 1.39. The van der Waals surface area contributed by atoms with E-state index in [1.165, 1.54) is 12.8 Å². The molecule has 0 fully saturated rings. The van der Waals surface area contributed by atoms with Crippen molar-refractivity contribution < 1.29 is 2.85 Å². The van der Waals surface area contributed by atoms with Crippen LogP contribution in [0.15, 0.2) is 0 Å². The number of hydrogen-bond donors (Lipinski definition) is 0. The summed E-state index contributed by atoms with van der Waals surface area (Å²) in [5, 5.41) is 0. The standard InChI is InChI=1S/C6H14.Mg.2H/c1-4-6(3)5-2;;;/h6H,4-5H2,1-3H3;;;/q;+2;2*-1. The summed E-state index contributed by atoms with van der Waals surface area (Å²) in [6.07, 6.45) is 2.66. The summed E-state index contributed by atoms with van der Waals surface area (Å²) < 4.78 is 0. The molecule has 0 bridgehead atoms. The SMILES string of the molecule is CCC(C)CC.[H-].[H-].[Mg+2]. The molecule has 1 heteroatoms. The minimum atomic E-state index is 0.